The van der Waals surface area contributed by atoms with Crippen LogP contribution in [0.15, 0.2) is 60.3 Å². The third-order valence-electron chi connectivity index (χ3n) is 4.78. The summed E-state index contributed by atoms with van der Waals surface area (Å²) in [6.07, 6.45) is 9.38. The highest BCUT2D eigenvalue weighted by molar-refractivity contribution is 5.77. The molecule has 1 aromatic heterocycles. The van der Waals surface area contributed by atoms with Gasteiger partial charge in [0.2, 0.25) is 0 Å². The molecule has 1 aromatic carbocycles. The molecule has 116 valence electrons. The van der Waals surface area contributed by atoms with Gasteiger partial charge in [-0.25, -0.2) is 0 Å². The summed E-state index contributed by atoms with van der Waals surface area (Å²) in [5, 5.41) is 8.31. The van der Waals surface area contributed by atoms with E-state index in [0.717, 1.165) is 44.6 Å². The fourth-order valence-corrected chi connectivity index (χ4v) is 3.56. The topological polar surface area (TPSA) is 29.0 Å². The van der Waals surface area contributed by atoms with Crippen molar-refractivity contribution in [1.82, 2.24) is 15.1 Å². The van der Waals surface area contributed by atoms with E-state index >= 15 is 0 Å². The van der Waals surface area contributed by atoms with Gasteiger partial charge in [-0.15, -0.1) is 0 Å². The third-order valence-corrected chi connectivity index (χ3v) is 4.78. The number of aromatic nitrogens is 2. The fourth-order valence-electron chi connectivity index (χ4n) is 3.56. The summed E-state index contributed by atoms with van der Waals surface area (Å²) in [5.74, 6) is 0. The van der Waals surface area contributed by atoms with Crippen LogP contribution in [0, 0.1) is 0 Å². The highest BCUT2D eigenvalue weighted by atomic mass is 15.1. The van der Waals surface area contributed by atoms with Crippen molar-refractivity contribution in [2.75, 3.05) is 19.6 Å². The van der Waals surface area contributed by atoms with Crippen molar-refractivity contribution in [3.63, 3.8) is 0 Å². The zero-order chi connectivity index (χ0) is 15.5. The maximum atomic E-state index is 4.28. The van der Waals surface area contributed by atoms with Crippen molar-refractivity contribution >= 4 is 5.57 Å². The maximum Gasteiger partial charge on any atom is 0.0675 e. The molecule has 23 heavy (non-hydrogen) atoms. The molecule has 0 bridgehead atoms. The second kappa shape index (κ2) is 6.47. The monoisotopic (exact) mass is 303 g/mol. The molecule has 0 spiro atoms. The molecule has 0 unspecified atom stereocenters. The molecule has 0 radical (unpaired) electrons. The first-order chi connectivity index (χ1) is 11.4. The molecule has 4 rings (SSSR count). The Bertz CT molecular complexity index is 738. The largest absolute Gasteiger partial charge is 0.296 e. The van der Waals surface area contributed by atoms with Gasteiger partial charge in [-0.05, 0) is 41.7 Å². The van der Waals surface area contributed by atoms with E-state index < -0.39 is 0 Å². The Hall–Kier alpha value is -2.26. The number of rotatable bonds is 5. The fraction of sp³-hybridized carbons (Fsp3) is 0.300. The van der Waals surface area contributed by atoms with Gasteiger partial charge in [0, 0.05) is 32.3 Å². The lowest BCUT2D eigenvalue weighted by molar-refractivity contribution is 0.356. The SMILES string of the molecule is C1=CCN(CCC2=C(Cc3cccnn3)c3ccccc3C2)C1. The lowest BCUT2D eigenvalue weighted by atomic mass is 9.99. The van der Waals surface area contributed by atoms with Gasteiger partial charge in [0.1, 0.15) is 0 Å². The molecule has 2 aromatic rings. The second-order valence-corrected chi connectivity index (χ2v) is 6.29. The van der Waals surface area contributed by atoms with Crippen LogP contribution in [0.1, 0.15) is 23.2 Å². The van der Waals surface area contributed by atoms with Crippen molar-refractivity contribution in [2.45, 2.75) is 19.3 Å². The Kier molecular flexibility index (Phi) is 4.03. The first kappa shape index (κ1) is 14.3. The Morgan fingerprint density at radius 3 is 2.70 bits per heavy atom. The zero-order valence-electron chi connectivity index (χ0n) is 13.3. The summed E-state index contributed by atoms with van der Waals surface area (Å²) >= 11 is 0. The maximum absolute atomic E-state index is 4.28. The molecule has 0 amide bonds. The van der Waals surface area contributed by atoms with Gasteiger partial charge >= 0.3 is 0 Å². The molecular weight excluding hydrogens is 282 g/mol. The predicted octanol–water partition coefficient (Wildman–Crippen LogP) is 3.29. The lowest BCUT2D eigenvalue weighted by Crippen LogP contribution is -2.21. The highest BCUT2D eigenvalue weighted by Crippen LogP contribution is 2.36. The summed E-state index contributed by atoms with van der Waals surface area (Å²) in [5.41, 5.74) is 6.96. The minimum Gasteiger partial charge on any atom is -0.296 e. The molecule has 0 atom stereocenters. The molecule has 3 heteroatoms. The van der Waals surface area contributed by atoms with E-state index in [9.17, 15) is 0 Å². The first-order valence-corrected chi connectivity index (χ1v) is 8.33. The lowest BCUT2D eigenvalue weighted by Gasteiger charge is -2.16. The molecular formula is C20H21N3. The minimum atomic E-state index is 0.887. The van der Waals surface area contributed by atoms with Gasteiger partial charge in [-0.3, -0.25) is 4.90 Å². The van der Waals surface area contributed by atoms with E-state index in [1.54, 1.807) is 11.8 Å². The van der Waals surface area contributed by atoms with Gasteiger partial charge in [0.25, 0.3) is 0 Å². The average molecular weight is 303 g/mol. The van der Waals surface area contributed by atoms with Gasteiger partial charge in [-0.2, -0.15) is 10.2 Å². The second-order valence-electron chi connectivity index (χ2n) is 6.29. The summed E-state index contributed by atoms with van der Waals surface area (Å²) in [4.78, 5) is 2.50. The first-order valence-electron chi connectivity index (χ1n) is 8.33. The Balaban J connectivity index is 1.58. The van der Waals surface area contributed by atoms with E-state index in [1.165, 1.54) is 16.7 Å². The zero-order valence-corrected chi connectivity index (χ0v) is 13.3. The number of allylic oxidation sites excluding steroid dienone is 1. The standard InChI is InChI=1S/C20H21N3/c1-2-8-19-16(6-1)14-17(9-13-23-11-3-4-12-23)20(19)15-18-7-5-10-21-22-18/h1-8,10H,9,11-15H2. The average Bonchev–Trinajstić information content (AvgIpc) is 3.22. The normalized spacial score (nSPS) is 17.0. The van der Waals surface area contributed by atoms with Crippen molar-refractivity contribution in [1.29, 1.82) is 0 Å². The Morgan fingerprint density at radius 2 is 1.87 bits per heavy atom. The molecule has 0 saturated heterocycles. The van der Waals surface area contributed by atoms with E-state index in [0.29, 0.717) is 0 Å². The molecule has 3 nitrogen and oxygen atoms in total. The molecule has 2 aliphatic rings. The van der Waals surface area contributed by atoms with Crippen LogP contribution in [0.2, 0.25) is 0 Å². The number of benzene rings is 1. The van der Waals surface area contributed by atoms with Crippen LogP contribution in [-0.4, -0.2) is 34.7 Å². The van der Waals surface area contributed by atoms with E-state index in [4.69, 9.17) is 0 Å². The summed E-state index contributed by atoms with van der Waals surface area (Å²) in [6.45, 7) is 3.33. The van der Waals surface area contributed by atoms with Crippen molar-refractivity contribution in [2.24, 2.45) is 0 Å². The number of fused-ring (bicyclic) bond motifs is 1. The van der Waals surface area contributed by atoms with Gasteiger partial charge in [0.05, 0.1) is 5.69 Å². The van der Waals surface area contributed by atoms with Crippen LogP contribution in [0.4, 0.5) is 0 Å². The molecule has 0 fully saturated rings. The third kappa shape index (κ3) is 3.10. The Morgan fingerprint density at radius 1 is 1.00 bits per heavy atom. The van der Waals surface area contributed by atoms with Crippen molar-refractivity contribution < 1.29 is 0 Å². The number of hydrogen-bond acceptors (Lipinski definition) is 3. The van der Waals surface area contributed by atoms with Crippen LogP contribution in [0.25, 0.3) is 5.57 Å². The molecule has 0 N–H and O–H groups in total. The van der Waals surface area contributed by atoms with Crippen molar-refractivity contribution in [3.8, 4) is 0 Å². The Labute approximate surface area is 137 Å². The van der Waals surface area contributed by atoms with E-state index in [2.05, 4.69) is 57.6 Å². The smallest absolute Gasteiger partial charge is 0.0675 e. The predicted molar refractivity (Wildman–Crippen MR) is 93.0 cm³/mol. The molecule has 0 saturated carbocycles. The minimum absolute atomic E-state index is 0.887. The van der Waals surface area contributed by atoms with Crippen LogP contribution in [0.5, 0.6) is 0 Å². The summed E-state index contributed by atoms with van der Waals surface area (Å²) < 4.78 is 0. The summed E-state index contributed by atoms with van der Waals surface area (Å²) in [6, 6.07) is 12.8. The van der Waals surface area contributed by atoms with Crippen LogP contribution >= 0.6 is 0 Å². The number of nitrogens with zero attached hydrogens (tertiary/aromatic N) is 3. The van der Waals surface area contributed by atoms with Crippen LogP contribution < -0.4 is 0 Å². The molecule has 1 aliphatic carbocycles. The van der Waals surface area contributed by atoms with Crippen LogP contribution in [-0.2, 0) is 12.8 Å². The van der Waals surface area contributed by atoms with Gasteiger partial charge in [-0.1, -0.05) is 42.0 Å². The van der Waals surface area contributed by atoms with Crippen molar-refractivity contribution in [3.05, 3.63) is 77.1 Å². The highest BCUT2D eigenvalue weighted by Gasteiger charge is 2.22. The van der Waals surface area contributed by atoms with Crippen LogP contribution in [0.3, 0.4) is 0 Å². The van der Waals surface area contributed by atoms with E-state index in [1.807, 2.05) is 6.07 Å². The van der Waals surface area contributed by atoms with Gasteiger partial charge in [0.15, 0.2) is 0 Å². The molecule has 2 heterocycles. The van der Waals surface area contributed by atoms with Gasteiger partial charge < -0.3 is 0 Å². The number of hydrogen-bond donors (Lipinski definition) is 0. The quantitative estimate of drug-likeness (QED) is 0.794. The molecule has 1 aliphatic heterocycles. The summed E-state index contributed by atoms with van der Waals surface area (Å²) in [7, 11) is 0. The van der Waals surface area contributed by atoms with E-state index in [-0.39, 0.29) is 0 Å².